The molecule has 176 valence electrons. The van der Waals surface area contributed by atoms with Crippen LogP contribution in [0.25, 0.3) is 0 Å². The number of hydrogen-bond acceptors (Lipinski definition) is 0. The van der Waals surface area contributed by atoms with E-state index in [2.05, 4.69) is 93.4 Å². The Morgan fingerprint density at radius 1 is 0.906 bits per heavy atom. The minimum absolute atomic E-state index is 0.400. The summed E-state index contributed by atoms with van der Waals surface area (Å²) in [5.41, 5.74) is 0.932. The van der Waals surface area contributed by atoms with Gasteiger partial charge in [0.25, 0.3) is 0 Å². The maximum absolute atomic E-state index is 4.89. The summed E-state index contributed by atoms with van der Waals surface area (Å²) in [5, 5.41) is 0. The van der Waals surface area contributed by atoms with E-state index in [1.807, 2.05) is 0 Å². The van der Waals surface area contributed by atoms with Crippen LogP contribution in [0.1, 0.15) is 74.1 Å². The van der Waals surface area contributed by atoms with E-state index >= 15 is 0 Å². The van der Waals surface area contributed by atoms with E-state index in [1.54, 1.807) is 17.8 Å². The first-order valence-corrected chi connectivity index (χ1v) is 16.8. The molecule has 0 aromatic heterocycles. The minimum atomic E-state index is -0.556. The summed E-state index contributed by atoms with van der Waals surface area (Å²) < 4.78 is 0. The van der Waals surface area contributed by atoms with Gasteiger partial charge < -0.3 is 0 Å². The molecule has 6 rings (SSSR count). The molecule has 0 aliphatic heterocycles. The molecule has 0 aromatic carbocycles. The van der Waals surface area contributed by atoms with E-state index in [-0.39, 0.29) is 0 Å². The van der Waals surface area contributed by atoms with Crippen LogP contribution >= 0.6 is 18.6 Å². The van der Waals surface area contributed by atoms with Crippen LogP contribution in [0, 0.1) is 109 Å². The molecule has 2 unspecified atom stereocenters. The van der Waals surface area contributed by atoms with Gasteiger partial charge in [0, 0.05) is 0 Å². The zero-order chi connectivity index (χ0) is 23.7. The Labute approximate surface area is 217 Å². The quantitative estimate of drug-likeness (QED) is 0.326. The fourth-order valence-electron chi connectivity index (χ4n) is 7.41. The molecule has 10 radical (unpaired) electrons. The van der Waals surface area contributed by atoms with E-state index in [0.717, 1.165) is 35.5 Å². The third kappa shape index (κ3) is 5.65. The molecule has 6 fully saturated rings. The van der Waals surface area contributed by atoms with Crippen LogP contribution in [0.15, 0.2) is 0 Å². The maximum atomic E-state index is 4.89. The van der Waals surface area contributed by atoms with Crippen molar-refractivity contribution in [2.75, 3.05) is 0 Å². The molecule has 0 nitrogen and oxygen atoms in total. The van der Waals surface area contributed by atoms with Gasteiger partial charge in [0.15, 0.2) is 0 Å². The number of rotatable bonds is 2. The average molecular weight is 509 g/mol. The van der Waals surface area contributed by atoms with Crippen LogP contribution in [-0.4, -0.2) is 0 Å². The SMILES string of the molecule is CC(C)[C@H]1CC[C@H](C)C[C@H]1[C]1[CH][CH][CH][CH]1.CC1(C)[C]2[CH][CH][CH][C]2C2CC1C2(C)C.[Cl][Ti][Cl]. The fraction of sp³-hybridized carbons (Fsp3) is 0.655. The van der Waals surface area contributed by atoms with Crippen LogP contribution in [0.2, 0.25) is 0 Å². The summed E-state index contributed by atoms with van der Waals surface area (Å²) >= 11 is -0.556. The number of hydrogen-bond donors (Lipinski definition) is 0. The molecule has 0 heterocycles. The Hall–Kier alpha value is 1.29. The van der Waals surface area contributed by atoms with E-state index in [9.17, 15) is 0 Å². The predicted molar refractivity (Wildman–Crippen MR) is 136 cm³/mol. The van der Waals surface area contributed by atoms with Crippen molar-refractivity contribution in [1.29, 1.82) is 0 Å². The van der Waals surface area contributed by atoms with Gasteiger partial charge in [-0.1, -0.05) is 54.9 Å². The van der Waals surface area contributed by atoms with Crippen LogP contribution in [-0.2, 0) is 17.0 Å². The monoisotopic (exact) mass is 508 g/mol. The summed E-state index contributed by atoms with van der Waals surface area (Å²) in [7, 11) is 9.78. The first-order chi connectivity index (χ1) is 15.1. The van der Waals surface area contributed by atoms with Crippen LogP contribution in [0.4, 0.5) is 0 Å². The van der Waals surface area contributed by atoms with Gasteiger partial charge in [0.05, 0.1) is 0 Å². The standard InChI is InChI=1S/C15H23.C14H19.2ClH.Ti/c1-11(2)14-9-8-12(3)10-15(14)13-6-4-5-7-13;1-13(2)10-7-5-6-9(10)11-8-12(13)14(11,3)4;;;/h4-7,11-12,14-15H,8-10H2,1-3H3;5-7,11-12H,8H2,1-4H3;2*1H;/q;;;;+2/p-2/t12-,14+,15-;;;;/m0..../s1. The van der Waals surface area contributed by atoms with Crippen molar-refractivity contribution in [3.63, 3.8) is 0 Å². The molecule has 6 saturated carbocycles. The predicted octanol–water partition coefficient (Wildman–Crippen LogP) is 8.94. The van der Waals surface area contributed by atoms with Gasteiger partial charge >= 0.3 is 35.6 Å². The Balaban J connectivity index is 0.000000161. The second kappa shape index (κ2) is 11.6. The molecule has 32 heavy (non-hydrogen) atoms. The van der Waals surface area contributed by atoms with E-state index in [1.165, 1.54) is 25.7 Å². The summed E-state index contributed by atoms with van der Waals surface area (Å²) in [6.45, 7) is 16.9. The molecule has 5 atom stereocenters. The summed E-state index contributed by atoms with van der Waals surface area (Å²) in [6, 6.07) is 0. The normalized spacial score (nSPS) is 38.1. The summed E-state index contributed by atoms with van der Waals surface area (Å²) in [5.74, 6) is 10.0. The molecule has 0 aromatic rings. The van der Waals surface area contributed by atoms with Gasteiger partial charge in [-0.15, -0.1) is 0 Å². The van der Waals surface area contributed by atoms with Crippen molar-refractivity contribution >= 4 is 18.6 Å². The zero-order valence-electron chi connectivity index (χ0n) is 21.1. The molecule has 6 aliphatic carbocycles. The second-order valence-corrected chi connectivity index (χ2v) is 14.6. The van der Waals surface area contributed by atoms with Gasteiger partial charge in [-0.2, -0.15) is 0 Å². The number of halogens is 2. The van der Waals surface area contributed by atoms with Crippen LogP contribution in [0.3, 0.4) is 0 Å². The van der Waals surface area contributed by atoms with Gasteiger partial charge in [0.1, 0.15) is 0 Å². The van der Waals surface area contributed by atoms with Gasteiger partial charge in [-0.05, 0) is 128 Å². The second-order valence-electron chi connectivity index (χ2n) is 12.0. The van der Waals surface area contributed by atoms with Gasteiger partial charge in [-0.3, -0.25) is 0 Å². The zero-order valence-corrected chi connectivity index (χ0v) is 24.2. The molecule has 0 spiro atoms. The molecule has 0 saturated heterocycles. The molecule has 0 amide bonds. The average Bonchev–Trinajstić information content (AvgIpc) is 3.40. The molecule has 6 aliphatic rings. The van der Waals surface area contributed by atoms with Gasteiger partial charge in [0.2, 0.25) is 0 Å². The Morgan fingerprint density at radius 2 is 1.53 bits per heavy atom. The van der Waals surface area contributed by atoms with Crippen LogP contribution < -0.4 is 0 Å². The van der Waals surface area contributed by atoms with Crippen LogP contribution in [0.5, 0.6) is 0 Å². The van der Waals surface area contributed by atoms with Crippen molar-refractivity contribution in [3.8, 4) is 0 Å². The van der Waals surface area contributed by atoms with Crippen molar-refractivity contribution in [3.05, 3.63) is 62.7 Å². The third-order valence-electron chi connectivity index (χ3n) is 9.20. The van der Waals surface area contributed by atoms with E-state index < -0.39 is 17.0 Å². The van der Waals surface area contributed by atoms with E-state index in [0.29, 0.717) is 10.8 Å². The van der Waals surface area contributed by atoms with Crippen molar-refractivity contribution in [1.82, 2.24) is 0 Å². The Bertz CT molecular complexity index is 576. The molecule has 2 bridgehead atoms. The third-order valence-corrected chi connectivity index (χ3v) is 9.20. The summed E-state index contributed by atoms with van der Waals surface area (Å²) in [4.78, 5) is 0. The van der Waals surface area contributed by atoms with Crippen molar-refractivity contribution < 1.29 is 17.0 Å². The first kappa shape index (κ1) is 27.9. The first-order valence-electron chi connectivity index (χ1n) is 12.5. The topological polar surface area (TPSA) is 0 Å². The molecule has 3 heteroatoms. The molecular weight excluding hydrogens is 467 g/mol. The molecular formula is C29H42Cl2Ti. The van der Waals surface area contributed by atoms with Crippen molar-refractivity contribution in [2.24, 2.45) is 46.3 Å². The summed E-state index contributed by atoms with van der Waals surface area (Å²) in [6.07, 6.45) is 21.6. The van der Waals surface area contributed by atoms with Crippen molar-refractivity contribution in [2.45, 2.75) is 74.1 Å². The van der Waals surface area contributed by atoms with Gasteiger partial charge in [-0.25, -0.2) is 0 Å². The fourth-order valence-corrected chi connectivity index (χ4v) is 7.41. The van der Waals surface area contributed by atoms with E-state index in [4.69, 9.17) is 18.6 Å². The molecule has 0 N–H and O–H groups in total. The Morgan fingerprint density at radius 3 is 2.09 bits per heavy atom. The Kier molecular flexibility index (Phi) is 10.1.